The fourth-order valence-electron chi connectivity index (χ4n) is 3.50. The van der Waals surface area contributed by atoms with Crippen molar-refractivity contribution in [2.45, 2.75) is 29.3 Å². The van der Waals surface area contributed by atoms with Crippen LogP contribution in [0.15, 0.2) is 53.0 Å². The molecule has 4 aromatic rings. The second kappa shape index (κ2) is 7.12. The average molecular weight is 398 g/mol. The molecular formula is C19H19N5OS2. The summed E-state index contributed by atoms with van der Waals surface area (Å²) in [5.41, 5.74) is 7.79. The number of anilines is 1. The molecule has 5 rings (SSSR count). The van der Waals surface area contributed by atoms with Crippen LogP contribution in [0.2, 0.25) is 0 Å². The van der Waals surface area contributed by atoms with Crippen molar-refractivity contribution in [3.8, 4) is 0 Å². The Hall–Kier alpha value is -2.13. The third kappa shape index (κ3) is 3.29. The van der Waals surface area contributed by atoms with Crippen LogP contribution in [0.25, 0.3) is 15.6 Å². The van der Waals surface area contributed by atoms with E-state index >= 15 is 0 Å². The number of ether oxygens (including phenoxy) is 1. The molecule has 1 fully saturated rings. The second-order valence-electron chi connectivity index (χ2n) is 6.58. The highest BCUT2D eigenvalue weighted by Crippen LogP contribution is 2.35. The summed E-state index contributed by atoms with van der Waals surface area (Å²) in [5, 5.41) is 5.62. The summed E-state index contributed by atoms with van der Waals surface area (Å²) in [4.78, 5) is 4.04. The number of rotatable bonds is 5. The molecule has 0 aliphatic carbocycles. The quantitative estimate of drug-likeness (QED) is 0.495. The van der Waals surface area contributed by atoms with Gasteiger partial charge in [-0.2, -0.15) is 5.10 Å². The molecule has 27 heavy (non-hydrogen) atoms. The molecule has 8 heteroatoms. The molecule has 138 valence electrons. The summed E-state index contributed by atoms with van der Waals surface area (Å²) in [6, 6.07) is 14.7. The lowest BCUT2D eigenvalue weighted by molar-refractivity contribution is 0.0448. The van der Waals surface area contributed by atoms with E-state index in [1.807, 2.05) is 28.0 Å². The van der Waals surface area contributed by atoms with Crippen LogP contribution in [0.3, 0.4) is 0 Å². The molecule has 1 aromatic carbocycles. The van der Waals surface area contributed by atoms with Gasteiger partial charge in [-0.05, 0) is 54.4 Å². The number of hydrogen-bond acceptors (Lipinski definition) is 7. The molecule has 1 unspecified atom stereocenters. The molecule has 1 saturated heterocycles. The first-order valence-corrected chi connectivity index (χ1v) is 10.5. The predicted molar refractivity (Wildman–Crippen MR) is 110 cm³/mol. The van der Waals surface area contributed by atoms with Crippen LogP contribution in [0, 0.1) is 0 Å². The maximum Gasteiger partial charge on any atom is 0.151 e. The van der Waals surface area contributed by atoms with Crippen LogP contribution in [0.1, 0.15) is 24.6 Å². The molecule has 2 atom stereocenters. The number of benzene rings is 1. The smallest absolute Gasteiger partial charge is 0.151 e. The topological polar surface area (TPSA) is 77.5 Å². The lowest BCUT2D eigenvalue weighted by Gasteiger charge is -2.14. The highest BCUT2D eigenvalue weighted by atomic mass is 32.2. The minimum absolute atomic E-state index is 0.0444. The molecule has 0 radical (unpaired) electrons. The number of fused-ring (bicyclic) bond motifs is 2. The van der Waals surface area contributed by atoms with Crippen LogP contribution in [-0.2, 0) is 4.74 Å². The summed E-state index contributed by atoms with van der Waals surface area (Å²) in [6.07, 6.45) is 3.74. The van der Waals surface area contributed by atoms with Crippen molar-refractivity contribution in [1.29, 1.82) is 0 Å². The van der Waals surface area contributed by atoms with Crippen molar-refractivity contribution in [2.75, 3.05) is 12.3 Å². The number of nitrogen functional groups attached to an aromatic ring is 1. The van der Waals surface area contributed by atoms with Crippen molar-refractivity contribution in [3.63, 3.8) is 0 Å². The van der Waals surface area contributed by atoms with E-state index in [4.69, 9.17) is 10.5 Å². The highest BCUT2D eigenvalue weighted by Gasteiger charge is 2.28. The van der Waals surface area contributed by atoms with Crippen LogP contribution < -0.4 is 10.5 Å². The third-order valence-electron chi connectivity index (χ3n) is 4.84. The normalized spacial score (nSPS) is 20.0. The van der Waals surface area contributed by atoms with Gasteiger partial charge in [0, 0.05) is 11.2 Å². The molecule has 1 aliphatic heterocycles. The fraction of sp³-hybridized carbons (Fsp3) is 0.263. The molecule has 0 spiro atoms. The van der Waals surface area contributed by atoms with Crippen LogP contribution >= 0.6 is 23.3 Å². The lowest BCUT2D eigenvalue weighted by atomic mass is 10.1. The van der Waals surface area contributed by atoms with E-state index in [1.165, 1.54) is 20.6 Å². The summed E-state index contributed by atoms with van der Waals surface area (Å²) in [6.45, 7) is 0.815. The number of thiophene rings is 1. The molecular weight excluding hydrogens is 378 g/mol. The fourth-order valence-corrected chi connectivity index (χ4v) is 5.51. The van der Waals surface area contributed by atoms with E-state index < -0.39 is 0 Å². The molecule has 0 saturated carbocycles. The lowest BCUT2D eigenvalue weighted by Crippen LogP contribution is -2.21. The number of aromatic nitrogens is 3. The van der Waals surface area contributed by atoms with E-state index in [9.17, 15) is 0 Å². The highest BCUT2D eigenvalue weighted by molar-refractivity contribution is 7.99. The Labute approximate surface area is 164 Å². The summed E-state index contributed by atoms with van der Waals surface area (Å²) >= 11 is 3.49. The standard InChI is InChI=1S/C19H19N5OS2/c20-19-15-7-6-14(24(15)22-11-21-19)16-8-5-13(25-16)10-23-27-18-9-12-3-1-2-4-17(12)26-18/h1-4,6-7,9,11,13,16,23H,5,8,10H2,(H2,20,21,22)/t13-,16?/m0/s1. The molecule has 0 amide bonds. The second-order valence-corrected chi connectivity index (χ2v) is 8.85. The first-order chi connectivity index (χ1) is 13.3. The minimum Gasteiger partial charge on any atom is -0.382 e. The number of nitrogens with two attached hydrogens (primary N) is 1. The third-order valence-corrected chi connectivity index (χ3v) is 6.88. The van der Waals surface area contributed by atoms with E-state index in [1.54, 1.807) is 11.9 Å². The van der Waals surface area contributed by atoms with Gasteiger partial charge in [0.25, 0.3) is 0 Å². The van der Waals surface area contributed by atoms with Crippen LogP contribution in [0.5, 0.6) is 0 Å². The van der Waals surface area contributed by atoms with Gasteiger partial charge >= 0.3 is 0 Å². The van der Waals surface area contributed by atoms with E-state index in [-0.39, 0.29) is 12.2 Å². The van der Waals surface area contributed by atoms with E-state index in [0.717, 1.165) is 30.6 Å². The SMILES string of the molecule is Nc1ncnn2c(C3CC[C@@H](CNSc4cc5ccccc5s4)O3)ccc12. The molecule has 3 aromatic heterocycles. The molecule has 6 nitrogen and oxygen atoms in total. The van der Waals surface area contributed by atoms with Gasteiger partial charge in [-0.1, -0.05) is 18.2 Å². The maximum atomic E-state index is 6.26. The summed E-state index contributed by atoms with van der Waals surface area (Å²) in [5.74, 6) is 0.493. The van der Waals surface area contributed by atoms with Gasteiger partial charge in [0.05, 0.1) is 16.0 Å². The van der Waals surface area contributed by atoms with Gasteiger partial charge in [-0.3, -0.25) is 4.72 Å². The zero-order valence-corrected chi connectivity index (χ0v) is 16.2. The molecule has 1 aliphatic rings. The van der Waals surface area contributed by atoms with Gasteiger partial charge < -0.3 is 10.5 Å². The van der Waals surface area contributed by atoms with Gasteiger partial charge in [0.1, 0.15) is 17.9 Å². The van der Waals surface area contributed by atoms with Crippen LogP contribution in [0.4, 0.5) is 5.82 Å². The summed E-state index contributed by atoms with van der Waals surface area (Å²) < 4.78 is 14.2. The van der Waals surface area contributed by atoms with E-state index in [0.29, 0.717) is 5.82 Å². The Balaban J connectivity index is 1.20. The zero-order valence-electron chi connectivity index (χ0n) is 14.5. The molecule has 0 bridgehead atoms. The minimum atomic E-state index is 0.0444. The van der Waals surface area contributed by atoms with Gasteiger partial charge in [0.15, 0.2) is 5.82 Å². The van der Waals surface area contributed by atoms with Crippen molar-refractivity contribution < 1.29 is 4.74 Å². The monoisotopic (exact) mass is 397 g/mol. The van der Waals surface area contributed by atoms with Gasteiger partial charge in [-0.15, -0.1) is 11.3 Å². The Morgan fingerprint density at radius 3 is 3.11 bits per heavy atom. The molecule has 3 N–H and O–H groups in total. The zero-order chi connectivity index (χ0) is 18.2. The van der Waals surface area contributed by atoms with Gasteiger partial charge in [0.2, 0.25) is 0 Å². The maximum absolute atomic E-state index is 6.26. The van der Waals surface area contributed by atoms with E-state index in [2.05, 4.69) is 45.1 Å². The Morgan fingerprint density at radius 2 is 2.19 bits per heavy atom. The Morgan fingerprint density at radius 1 is 1.26 bits per heavy atom. The number of nitrogens with one attached hydrogen (secondary N) is 1. The van der Waals surface area contributed by atoms with Crippen molar-refractivity contribution >= 4 is 44.7 Å². The van der Waals surface area contributed by atoms with Crippen molar-refractivity contribution in [2.24, 2.45) is 0 Å². The number of nitrogens with zero attached hydrogens (tertiary/aromatic N) is 3. The van der Waals surface area contributed by atoms with Crippen molar-refractivity contribution in [3.05, 3.63) is 54.5 Å². The number of hydrogen-bond donors (Lipinski definition) is 2. The van der Waals surface area contributed by atoms with Crippen molar-refractivity contribution in [1.82, 2.24) is 19.3 Å². The largest absolute Gasteiger partial charge is 0.382 e. The Kier molecular flexibility index (Phi) is 4.48. The molecule has 4 heterocycles. The first-order valence-electron chi connectivity index (χ1n) is 8.90. The predicted octanol–water partition coefficient (Wildman–Crippen LogP) is 4.04. The van der Waals surface area contributed by atoms with Gasteiger partial charge in [-0.25, -0.2) is 9.50 Å². The van der Waals surface area contributed by atoms with Crippen LogP contribution in [-0.4, -0.2) is 27.2 Å². The Bertz CT molecular complexity index is 1060. The first kappa shape index (κ1) is 17.0. The summed E-state index contributed by atoms with van der Waals surface area (Å²) in [7, 11) is 0. The average Bonchev–Trinajstić information content (AvgIpc) is 3.39.